The van der Waals surface area contributed by atoms with Gasteiger partial charge in [-0.1, -0.05) is 12.1 Å². The zero-order valence-corrected chi connectivity index (χ0v) is 15.7. The molecule has 2 aromatic carbocycles. The molecule has 0 atom stereocenters. The largest absolute Gasteiger partial charge is 0.468 e. The van der Waals surface area contributed by atoms with Gasteiger partial charge in [0, 0.05) is 30.8 Å². The van der Waals surface area contributed by atoms with Crippen molar-refractivity contribution < 1.29 is 19.0 Å². The summed E-state index contributed by atoms with van der Waals surface area (Å²) < 4.78 is 17.3. The topological polar surface area (TPSA) is 73.5 Å². The molecule has 0 bridgehead atoms. The van der Waals surface area contributed by atoms with Crippen molar-refractivity contribution in [1.29, 1.82) is 5.26 Å². The van der Waals surface area contributed by atoms with E-state index >= 15 is 0 Å². The second kappa shape index (κ2) is 8.89. The van der Waals surface area contributed by atoms with Crippen molar-refractivity contribution in [3.05, 3.63) is 72.1 Å². The van der Waals surface area contributed by atoms with Crippen LogP contribution in [0.4, 0.5) is 0 Å². The number of carbonyl (C=O) groups excluding carboxylic acids is 1. The van der Waals surface area contributed by atoms with E-state index in [0.717, 1.165) is 16.8 Å². The standard InChI is InChI=1S/C22H20N2O4/c1-3-27-22(25)16-7-9-19(10-8-16)24-13-18(12-23)21(14-24)17-5-4-6-20(11-17)28-15-26-2/h4-11,13-14H,3,15H2,1-2H3. The number of esters is 1. The van der Waals surface area contributed by atoms with Crippen molar-refractivity contribution in [3.63, 3.8) is 0 Å². The molecule has 0 aliphatic heterocycles. The minimum absolute atomic E-state index is 0.155. The van der Waals surface area contributed by atoms with Gasteiger partial charge in [0.15, 0.2) is 6.79 Å². The molecular formula is C22H20N2O4. The predicted octanol–water partition coefficient (Wildman–Crippen LogP) is 4.18. The highest BCUT2D eigenvalue weighted by atomic mass is 16.7. The average Bonchev–Trinajstić information content (AvgIpc) is 3.17. The van der Waals surface area contributed by atoms with Crippen LogP contribution < -0.4 is 4.74 Å². The van der Waals surface area contributed by atoms with Crippen molar-refractivity contribution in [3.8, 4) is 28.6 Å². The summed E-state index contributed by atoms with van der Waals surface area (Å²) in [6, 6.07) is 16.8. The summed E-state index contributed by atoms with van der Waals surface area (Å²) in [5.41, 5.74) is 3.52. The first-order chi connectivity index (χ1) is 13.7. The molecule has 142 valence electrons. The van der Waals surface area contributed by atoms with Crippen molar-refractivity contribution in [2.75, 3.05) is 20.5 Å². The molecule has 1 heterocycles. The second-order valence-electron chi connectivity index (χ2n) is 5.95. The molecule has 0 N–H and O–H groups in total. The van der Waals surface area contributed by atoms with E-state index in [4.69, 9.17) is 14.2 Å². The lowest BCUT2D eigenvalue weighted by Crippen LogP contribution is -2.04. The molecule has 3 rings (SSSR count). The monoisotopic (exact) mass is 376 g/mol. The fourth-order valence-electron chi connectivity index (χ4n) is 2.79. The lowest BCUT2D eigenvalue weighted by molar-refractivity contribution is 0.0510. The molecule has 0 saturated heterocycles. The number of ether oxygens (including phenoxy) is 3. The zero-order chi connectivity index (χ0) is 19.9. The van der Waals surface area contributed by atoms with Crippen LogP contribution in [0.15, 0.2) is 60.9 Å². The Labute approximate surface area is 163 Å². The number of nitrogens with zero attached hydrogens (tertiary/aromatic N) is 2. The van der Waals surface area contributed by atoms with Crippen LogP contribution in [0, 0.1) is 11.3 Å². The van der Waals surface area contributed by atoms with Crippen LogP contribution in [-0.4, -0.2) is 31.0 Å². The number of nitriles is 1. The van der Waals surface area contributed by atoms with Crippen LogP contribution in [0.1, 0.15) is 22.8 Å². The molecule has 0 unspecified atom stereocenters. The van der Waals surface area contributed by atoms with Gasteiger partial charge in [-0.2, -0.15) is 5.26 Å². The summed E-state index contributed by atoms with van der Waals surface area (Å²) in [6.45, 7) is 2.26. The number of benzene rings is 2. The summed E-state index contributed by atoms with van der Waals surface area (Å²) in [7, 11) is 1.56. The van der Waals surface area contributed by atoms with Crippen LogP contribution in [-0.2, 0) is 9.47 Å². The molecule has 6 heteroatoms. The Morgan fingerprint density at radius 3 is 2.61 bits per heavy atom. The molecule has 0 saturated carbocycles. The van der Waals surface area contributed by atoms with Gasteiger partial charge < -0.3 is 18.8 Å². The van der Waals surface area contributed by atoms with Gasteiger partial charge in [-0.3, -0.25) is 0 Å². The van der Waals surface area contributed by atoms with Gasteiger partial charge >= 0.3 is 5.97 Å². The van der Waals surface area contributed by atoms with E-state index in [9.17, 15) is 10.1 Å². The first-order valence-electron chi connectivity index (χ1n) is 8.78. The molecule has 0 spiro atoms. The Hall–Kier alpha value is -3.56. The Morgan fingerprint density at radius 2 is 1.93 bits per heavy atom. The fraction of sp³-hybridized carbons (Fsp3) is 0.182. The summed E-state index contributed by atoms with van der Waals surface area (Å²) in [4.78, 5) is 11.8. The Bertz CT molecular complexity index is 1000. The lowest BCUT2D eigenvalue weighted by atomic mass is 10.1. The number of aromatic nitrogens is 1. The number of methoxy groups -OCH3 is 1. The summed E-state index contributed by atoms with van der Waals surface area (Å²) in [6.07, 6.45) is 3.64. The Balaban J connectivity index is 1.91. The first kappa shape index (κ1) is 19.2. The highest BCUT2D eigenvalue weighted by Crippen LogP contribution is 2.29. The van der Waals surface area contributed by atoms with Gasteiger partial charge in [-0.15, -0.1) is 0 Å². The van der Waals surface area contributed by atoms with Gasteiger partial charge in [-0.25, -0.2) is 4.79 Å². The van der Waals surface area contributed by atoms with Crippen LogP contribution in [0.3, 0.4) is 0 Å². The van der Waals surface area contributed by atoms with Crippen LogP contribution in [0.25, 0.3) is 16.8 Å². The molecular weight excluding hydrogens is 356 g/mol. The zero-order valence-electron chi connectivity index (χ0n) is 15.7. The minimum atomic E-state index is -0.354. The normalized spacial score (nSPS) is 10.3. The molecule has 0 fully saturated rings. The molecule has 1 aromatic heterocycles. The smallest absolute Gasteiger partial charge is 0.338 e. The summed E-state index contributed by atoms with van der Waals surface area (Å²) >= 11 is 0. The van der Waals surface area contributed by atoms with E-state index < -0.39 is 0 Å². The summed E-state index contributed by atoms with van der Waals surface area (Å²) in [5, 5.41) is 9.55. The summed E-state index contributed by atoms with van der Waals surface area (Å²) in [5.74, 6) is 0.308. The van der Waals surface area contributed by atoms with Crippen molar-refractivity contribution in [2.24, 2.45) is 0 Å². The van der Waals surface area contributed by atoms with E-state index in [0.29, 0.717) is 23.5 Å². The number of hydrogen-bond acceptors (Lipinski definition) is 5. The van der Waals surface area contributed by atoms with E-state index in [1.54, 1.807) is 32.4 Å². The van der Waals surface area contributed by atoms with Crippen LogP contribution in [0.5, 0.6) is 5.75 Å². The average molecular weight is 376 g/mol. The van der Waals surface area contributed by atoms with E-state index in [-0.39, 0.29) is 12.8 Å². The van der Waals surface area contributed by atoms with Crippen molar-refractivity contribution >= 4 is 5.97 Å². The van der Waals surface area contributed by atoms with E-state index in [2.05, 4.69) is 6.07 Å². The molecule has 3 aromatic rings. The van der Waals surface area contributed by atoms with Gasteiger partial charge in [-0.05, 0) is 48.9 Å². The third kappa shape index (κ3) is 4.22. The highest BCUT2D eigenvalue weighted by molar-refractivity contribution is 5.89. The second-order valence-corrected chi connectivity index (χ2v) is 5.95. The quantitative estimate of drug-likeness (QED) is 0.457. The highest BCUT2D eigenvalue weighted by Gasteiger charge is 2.12. The van der Waals surface area contributed by atoms with E-state index in [1.807, 2.05) is 47.2 Å². The van der Waals surface area contributed by atoms with Crippen molar-refractivity contribution in [1.82, 2.24) is 4.57 Å². The lowest BCUT2D eigenvalue weighted by Gasteiger charge is -2.07. The number of rotatable bonds is 7. The SMILES string of the molecule is CCOC(=O)c1ccc(-n2cc(C#N)c(-c3cccc(OCOC)c3)c2)cc1. The molecule has 6 nitrogen and oxygen atoms in total. The maximum atomic E-state index is 11.8. The van der Waals surface area contributed by atoms with Gasteiger partial charge in [0.2, 0.25) is 0 Å². The molecule has 28 heavy (non-hydrogen) atoms. The predicted molar refractivity (Wildman–Crippen MR) is 104 cm³/mol. The molecule has 0 amide bonds. The third-order valence-electron chi connectivity index (χ3n) is 4.11. The number of carbonyl (C=O) groups is 1. The minimum Gasteiger partial charge on any atom is -0.468 e. The maximum Gasteiger partial charge on any atom is 0.338 e. The first-order valence-corrected chi connectivity index (χ1v) is 8.78. The van der Waals surface area contributed by atoms with E-state index in [1.165, 1.54) is 0 Å². The van der Waals surface area contributed by atoms with Gasteiger partial charge in [0.1, 0.15) is 11.8 Å². The third-order valence-corrected chi connectivity index (χ3v) is 4.11. The van der Waals surface area contributed by atoms with Gasteiger partial charge in [0.25, 0.3) is 0 Å². The number of hydrogen-bond donors (Lipinski definition) is 0. The molecule has 0 aliphatic rings. The maximum absolute atomic E-state index is 11.8. The molecule has 0 aliphatic carbocycles. The van der Waals surface area contributed by atoms with Crippen LogP contribution in [0.2, 0.25) is 0 Å². The van der Waals surface area contributed by atoms with Crippen molar-refractivity contribution in [2.45, 2.75) is 6.92 Å². The van der Waals surface area contributed by atoms with Crippen LogP contribution >= 0.6 is 0 Å². The Morgan fingerprint density at radius 1 is 1.14 bits per heavy atom. The Kier molecular flexibility index (Phi) is 6.10. The fourth-order valence-corrected chi connectivity index (χ4v) is 2.79. The van der Waals surface area contributed by atoms with Gasteiger partial charge in [0.05, 0.1) is 17.7 Å². The molecule has 0 radical (unpaired) electrons.